The second kappa shape index (κ2) is 6.13. The highest BCUT2D eigenvalue weighted by molar-refractivity contribution is 5.95. The molecule has 1 aromatic rings. The minimum Gasteiger partial charge on any atom is -0.495 e. The van der Waals surface area contributed by atoms with E-state index in [1.165, 1.54) is 12.8 Å². The highest BCUT2D eigenvalue weighted by Gasteiger charge is 2.29. The van der Waals surface area contributed by atoms with E-state index in [4.69, 9.17) is 10.5 Å². The number of amides is 1. The summed E-state index contributed by atoms with van der Waals surface area (Å²) < 4.78 is 5.08. The van der Waals surface area contributed by atoms with Crippen LogP contribution in [0.15, 0.2) is 18.2 Å². The highest BCUT2D eigenvalue weighted by Crippen LogP contribution is 2.26. The van der Waals surface area contributed by atoms with Crippen LogP contribution in [0.5, 0.6) is 5.75 Å². The van der Waals surface area contributed by atoms with Gasteiger partial charge in [-0.25, -0.2) is 0 Å². The molecule has 0 heterocycles. The molecule has 0 radical (unpaired) electrons. The Morgan fingerprint density at radius 1 is 1.55 bits per heavy atom. The lowest BCUT2D eigenvalue weighted by Crippen LogP contribution is -2.41. The van der Waals surface area contributed by atoms with Crippen LogP contribution in [0.2, 0.25) is 0 Å². The summed E-state index contributed by atoms with van der Waals surface area (Å²) in [5, 5.41) is 2.95. The molecule has 0 bridgehead atoms. The van der Waals surface area contributed by atoms with Crippen LogP contribution in [0.1, 0.15) is 30.1 Å². The molecule has 0 saturated heterocycles. The van der Waals surface area contributed by atoms with Gasteiger partial charge in [-0.15, -0.1) is 0 Å². The molecule has 2 rings (SSSR count). The van der Waals surface area contributed by atoms with Gasteiger partial charge >= 0.3 is 0 Å². The second-order valence-corrected chi connectivity index (χ2v) is 5.41. The molecule has 3 N–H and O–H groups in total. The maximum absolute atomic E-state index is 12.1. The number of nitrogens with two attached hydrogens (primary N) is 1. The monoisotopic (exact) mass is 277 g/mol. The number of carbonyl (C=O) groups excluding carboxylic acids is 1. The van der Waals surface area contributed by atoms with Crippen LogP contribution in [0.4, 0.5) is 5.69 Å². The first-order valence-electron chi connectivity index (χ1n) is 6.96. The van der Waals surface area contributed by atoms with Crippen LogP contribution in [-0.4, -0.2) is 43.6 Å². The third kappa shape index (κ3) is 3.42. The number of anilines is 1. The zero-order valence-electron chi connectivity index (χ0n) is 12.3. The molecule has 1 fully saturated rings. The van der Waals surface area contributed by atoms with Gasteiger partial charge in [-0.2, -0.15) is 0 Å². The van der Waals surface area contributed by atoms with Crippen molar-refractivity contribution in [2.24, 2.45) is 0 Å². The van der Waals surface area contributed by atoms with Crippen molar-refractivity contribution in [2.75, 3.05) is 26.4 Å². The number of nitrogens with one attached hydrogen (secondary N) is 1. The molecule has 1 atom stereocenters. The number of hydrogen-bond acceptors (Lipinski definition) is 4. The summed E-state index contributed by atoms with van der Waals surface area (Å²) in [5.74, 6) is 0.485. The average molecular weight is 277 g/mol. The van der Waals surface area contributed by atoms with E-state index < -0.39 is 0 Å². The maximum Gasteiger partial charge on any atom is 0.251 e. The van der Waals surface area contributed by atoms with E-state index in [0.717, 1.165) is 0 Å². The zero-order valence-corrected chi connectivity index (χ0v) is 12.3. The van der Waals surface area contributed by atoms with Gasteiger partial charge in [0.25, 0.3) is 5.91 Å². The Bertz CT molecular complexity index is 486. The fraction of sp³-hybridized carbons (Fsp3) is 0.533. The molecule has 1 aromatic carbocycles. The standard InChI is InChI=1S/C15H23N3O2/c1-10(18(2)12-5-6-12)9-17-15(19)11-4-7-14(20-3)13(16)8-11/h4,7-8,10,12H,5-6,9,16H2,1-3H3,(H,17,19). The number of hydrogen-bond donors (Lipinski definition) is 2. The van der Waals surface area contributed by atoms with E-state index in [1.807, 2.05) is 0 Å². The van der Waals surface area contributed by atoms with Crippen LogP contribution in [0.25, 0.3) is 0 Å². The highest BCUT2D eigenvalue weighted by atomic mass is 16.5. The molecule has 1 aliphatic rings. The third-order valence-electron chi connectivity index (χ3n) is 3.87. The van der Waals surface area contributed by atoms with Gasteiger partial charge in [-0.3, -0.25) is 9.69 Å². The molecule has 5 nitrogen and oxygen atoms in total. The lowest BCUT2D eigenvalue weighted by atomic mass is 10.1. The van der Waals surface area contributed by atoms with Crippen molar-refractivity contribution in [3.8, 4) is 5.75 Å². The van der Waals surface area contributed by atoms with Gasteiger partial charge in [0.2, 0.25) is 0 Å². The van der Waals surface area contributed by atoms with Crippen LogP contribution >= 0.6 is 0 Å². The fourth-order valence-electron chi connectivity index (χ4n) is 2.20. The van der Waals surface area contributed by atoms with Crippen LogP contribution in [-0.2, 0) is 0 Å². The van der Waals surface area contributed by atoms with Gasteiger partial charge in [0.15, 0.2) is 0 Å². The summed E-state index contributed by atoms with van der Waals surface area (Å²) in [6, 6.07) is 6.10. The van der Waals surface area contributed by atoms with Gasteiger partial charge in [-0.1, -0.05) is 0 Å². The minimum atomic E-state index is -0.101. The summed E-state index contributed by atoms with van der Waals surface area (Å²) in [5.41, 5.74) is 6.84. The van der Waals surface area contributed by atoms with Crippen LogP contribution in [0, 0.1) is 0 Å². The number of likely N-dealkylation sites (N-methyl/N-ethyl adjacent to an activating group) is 1. The number of rotatable bonds is 6. The normalized spacial score (nSPS) is 16.0. The summed E-state index contributed by atoms with van der Waals surface area (Å²) in [7, 11) is 3.67. The summed E-state index contributed by atoms with van der Waals surface area (Å²) >= 11 is 0. The van der Waals surface area contributed by atoms with Crippen molar-refractivity contribution in [1.29, 1.82) is 0 Å². The Hall–Kier alpha value is -1.75. The predicted molar refractivity (Wildman–Crippen MR) is 80.0 cm³/mol. The van der Waals surface area contributed by atoms with Crippen LogP contribution in [0.3, 0.4) is 0 Å². The average Bonchev–Trinajstić information content (AvgIpc) is 3.27. The first-order valence-corrected chi connectivity index (χ1v) is 6.96. The molecular weight excluding hydrogens is 254 g/mol. The van der Waals surface area contributed by atoms with Crippen molar-refractivity contribution < 1.29 is 9.53 Å². The molecule has 1 saturated carbocycles. The van der Waals surface area contributed by atoms with Gasteiger partial charge in [0, 0.05) is 24.2 Å². The number of nitrogen functional groups attached to an aromatic ring is 1. The molecule has 5 heteroatoms. The Balaban J connectivity index is 1.89. The summed E-state index contributed by atoms with van der Waals surface area (Å²) in [4.78, 5) is 14.4. The predicted octanol–water partition coefficient (Wildman–Crippen LogP) is 1.49. The van der Waals surface area contributed by atoms with Crippen molar-refractivity contribution in [3.63, 3.8) is 0 Å². The smallest absolute Gasteiger partial charge is 0.251 e. The molecule has 1 aliphatic carbocycles. The van der Waals surface area contributed by atoms with Crippen molar-refractivity contribution in [3.05, 3.63) is 23.8 Å². The molecule has 0 spiro atoms. The number of nitrogens with zero attached hydrogens (tertiary/aromatic N) is 1. The van der Waals surface area contributed by atoms with E-state index in [9.17, 15) is 4.79 Å². The quantitative estimate of drug-likeness (QED) is 0.773. The maximum atomic E-state index is 12.1. The molecule has 0 aliphatic heterocycles. The SMILES string of the molecule is COc1ccc(C(=O)NCC(C)N(C)C2CC2)cc1N. The fourth-order valence-corrected chi connectivity index (χ4v) is 2.20. The van der Waals surface area contributed by atoms with Crippen molar-refractivity contribution >= 4 is 11.6 Å². The largest absolute Gasteiger partial charge is 0.495 e. The Morgan fingerprint density at radius 2 is 2.25 bits per heavy atom. The topological polar surface area (TPSA) is 67.6 Å². The van der Waals surface area contributed by atoms with Gasteiger partial charge < -0.3 is 15.8 Å². The summed E-state index contributed by atoms with van der Waals surface area (Å²) in [6.07, 6.45) is 2.54. The lowest BCUT2D eigenvalue weighted by molar-refractivity contribution is 0.0939. The first kappa shape index (κ1) is 14.7. The molecule has 1 amide bonds. The number of carbonyl (C=O) groups is 1. The number of ether oxygens (including phenoxy) is 1. The lowest BCUT2D eigenvalue weighted by Gasteiger charge is -2.24. The van der Waals surface area contributed by atoms with E-state index in [-0.39, 0.29) is 5.91 Å². The zero-order chi connectivity index (χ0) is 14.7. The van der Waals surface area contributed by atoms with Gasteiger partial charge in [0.1, 0.15) is 5.75 Å². The second-order valence-electron chi connectivity index (χ2n) is 5.41. The molecule has 110 valence electrons. The first-order chi connectivity index (χ1) is 9.52. The Morgan fingerprint density at radius 3 is 2.80 bits per heavy atom. The molecular formula is C15H23N3O2. The number of benzene rings is 1. The van der Waals surface area contributed by atoms with E-state index in [2.05, 4.69) is 24.2 Å². The van der Waals surface area contributed by atoms with E-state index in [0.29, 0.717) is 35.6 Å². The van der Waals surface area contributed by atoms with Crippen LogP contribution < -0.4 is 15.8 Å². The minimum absolute atomic E-state index is 0.101. The van der Waals surface area contributed by atoms with Crippen molar-refractivity contribution in [2.45, 2.75) is 31.8 Å². The summed E-state index contributed by atoms with van der Waals surface area (Å²) in [6.45, 7) is 2.76. The molecule has 20 heavy (non-hydrogen) atoms. The Kier molecular flexibility index (Phi) is 4.49. The van der Waals surface area contributed by atoms with E-state index >= 15 is 0 Å². The van der Waals surface area contributed by atoms with Gasteiger partial charge in [-0.05, 0) is 45.0 Å². The third-order valence-corrected chi connectivity index (χ3v) is 3.87. The van der Waals surface area contributed by atoms with Crippen molar-refractivity contribution in [1.82, 2.24) is 10.2 Å². The Labute approximate surface area is 120 Å². The van der Waals surface area contributed by atoms with Gasteiger partial charge in [0.05, 0.1) is 12.8 Å². The molecule has 0 aromatic heterocycles. The number of methoxy groups -OCH3 is 1. The molecule has 1 unspecified atom stereocenters. The van der Waals surface area contributed by atoms with E-state index in [1.54, 1.807) is 25.3 Å².